The molecule has 1 atom stereocenters. The third-order valence-corrected chi connectivity index (χ3v) is 6.75. The van der Waals surface area contributed by atoms with Gasteiger partial charge in [0.25, 0.3) is 0 Å². The van der Waals surface area contributed by atoms with Crippen molar-refractivity contribution in [3.63, 3.8) is 0 Å². The fourth-order valence-electron chi connectivity index (χ4n) is 4.88. The fourth-order valence-corrected chi connectivity index (χ4v) is 4.88. The maximum Gasteiger partial charge on any atom is 0.234 e. The lowest BCUT2D eigenvalue weighted by Crippen LogP contribution is -2.35. The Hall–Kier alpha value is -2.13. The molecule has 2 aromatic carbocycles. The summed E-state index contributed by atoms with van der Waals surface area (Å²) in [4.78, 5) is 15.1. The number of unbranched alkanes of at least 4 members (excludes halogenated alkanes) is 1. The summed E-state index contributed by atoms with van der Waals surface area (Å²) in [5.74, 6) is 0.992. The van der Waals surface area contributed by atoms with Crippen LogP contribution in [0.15, 0.2) is 54.6 Å². The minimum absolute atomic E-state index is 0.162. The number of nitrogens with zero attached hydrogens (tertiary/aromatic N) is 1. The van der Waals surface area contributed by atoms with Gasteiger partial charge in [0.2, 0.25) is 5.91 Å². The first-order valence-corrected chi connectivity index (χ1v) is 10.8. The second-order valence-corrected chi connectivity index (χ2v) is 8.76. The monoisotopic (exact) mass is 376 g/mol. The van der Waals surface area contributed by atoms with Gasteiger partial charge in [0.1, 0.15) is 0 Å². The maximum atomic E-state index is 12.5. The molecule has 4 rings (SSSR count). The van der Waals surface area contributed by atoms with E-state index in [9.17, 15) is 4.79 Å². The summed E-state index contributed by atoms with van der Waals surface area (Å²) in [6, 6.07) is 19.0. The number of carbonyl (C=O) groups is 1. The first-order valence-electron chi connectivity index (χ1n) is 10.8. The second kappa shape index (κ2) is 8.48. The summed E-state index contributed by atoms with van der Waals surface area (Å²) in [6.07, 6.45) is 7.04. The lowest BCUT2D eigenvalue weighted by atomic mass is 9.79. The van der Waals surface area contributed by atoms with Gasteiger partial charge in [-0.1, -0.05) is 55.0 Å². The molecule has 0 spiro atoms. The van der Waals surface area contributed by atoms with Gasteiger partial charge in [-0.3, -0.25) is 4.79 Å². The number of rotatable bonds is 7. The maximum absolute atomic E-state index is 12.5. The van der Waals surface area contributed by atoms with Crippen molar-refractivity contribution in [1.29, 1.82) is 0 Å². The van der Waals surface area contributed by atoms with Crippen LogP contribution in [0.1, 0.15) is 50.2 Å². The van der Waals surface area contributed by atoms with Crippen LogP contribution in [0.2, 0.25) is 0 Å². The molecule has 1 unspecified atom stereocenters. The molecule has 0 aliphatic carbocycles. The minimum atomic E-state index is -0.362. The first kappa shape index (κ1) is 19.2. The van der Waals surface area contributed by atoms with Crippen LogP contribution in [-0.4, -0.2) is 30.4 Å². The molecule has 0 bridgehead atoms. The van der Waals surface area contributed by atoms with Gasteiger partial charge in [0.15, 0.2) is 0 Å². The molecular weight excluding hydrogens is 344 g/mol. The van der Waals surface area contributed by atoms with Crippen molar-refractivity contribution in [3.05, 3.63) is 65.7 Å². The number of anilines is 1. The molecule has 2 heterocycles. The molecule has 148 valence electrons. The summed E-state index contributed by atoms with van der Waals surface area (Å²) in [5.41, 5.74) is 3.28. The van der Waals surface area contributed by atoms with Crippen LogP contribution in [0.3, 0.4) is 0 Å². The lowest BCUT2D eigenvalue weighted by molar-refractivity contribution is -0.120. The van der Waals surface area contributed by atoms with E-state index >= 15 is 0 Å². The van der Waals surface area contributed by atoms with Crippen molar-refractivity contribution in [3.8, 4) is 0 Å². The van der Waals surface area contributed by atoms with Crippen LogP contribution in [-0.2, 0) is 16.6 Å². The van der Waals surface area contributed by atoms with Crippen molar-refractivity contribution in [2.75, 3.05) is 25.0 Å². The smallest absolute Gasteiger partial charge is 0.234 e. The standard InChI is InChI=1S/C25H32N2O/c1-25(22-11-5-6-12-23(22)26-24(25)28)15-7-8-16-27-17-13-21(14-18-27)19-20-9-3-2-4-10-20/h2-6,9-12,21H,7-8,13-19H2,1H3,(H,26,28). The molecule has 3 nitrogen and oxygen atoms in total. The number of carbonyl (C=O) groups excluding carboxylic acids is 1. The summed E-state index contributed by atoms with van der Waals surface area (Å²) in [5, 5.41) is 3.05. The van der Waals surface area contributed by atoms with Gasteiger partial charge in [-0.15, -0.1) is 0 Å². The van der Waals surface area contributed by atoms with Crippen molar-refractivity contribution < 1.29 is 4.79 Å². The molecule has 1 fully saturated rings. The third-order valence-electron chi connectivity index (χ3n) is 6.75. The van der Waals surface area contributed by atoms with Crippen LogP contribution in [0.4, 0.5) is 5.69 Å². The number of hydrogen-bond donors (Lipinski definition) is 1. The van der Waals surface area contributed by atoms with E-state index < -0.39 is 0 Å². The van der Waals surface area contributed by atoms with Crippen molar-refractivity contribution in [2.45, 2.75) is 50.9 Å². The van der Waals surface area contributed by atoms with Crippen molar-refractivity contribution in [1.82, 2.24) is 4.90 Å². The molecule has 0 saturated carbocycles. The van der Waals surface area contributed by atoms with E-state index in [4.69, 9.17) is 0 Å². The number of nitrogens with one attached hydrogen (secondary N) is 1. The van der Waals surface area contributed by atoms with Gasteiger partial charge in [-0.05, 0) is 81.8 Å². The van der Waals surface area contributed by atoms with Crippen LogP contribution in [0, 0.1) is 5.92 Å². The van der Waals surface area contributed by atoms with Crippen molar-refractivity contribution >= 4 is 11.6 Å². The van der Waals surface area contributed by atoms with Crippen LogP contribution in [0.5, 0.6) is 0 Å². The Labute approximate surface area is 169 Å². The quantitative estimate of drug-likeness (QED) is 0.688. The average molecular weight is 377 g/mol. The molecule has 1 N–H and O–H groups in total. The highest BCUT2D eigenvalue weighted by Crippen LogP contribution is 2.40. The van der Waals surface area contributed by atoms with Gasteiger partial charge in [0, 0.05) is 5.69 Å². The predicted molar refractivity (Wildman–Crippen MR) is 116 cm³/mol. The van der Waals surface area contributed by atoms with Gasteiger partial charge in [-0.25, -0.2) is 0 Å². The Kier molecular flexibility index (Phi) is 5.82. The summed E-state index contributed by atoms with van der Waals surface area (Å²) in [7, 11) is 0. The van der Waals surface area contributed by atoms with E-state index in [1.54, 1.807) is 0 Å². The molecule has 28 heavy (non-hydrogen) atoms. The van der Waals surface area contributed by atoms with Crippen LogP contribution < -0.4 is 5.32 Å². The zero-order valence-electron chi connectivity index (χ0n) is 17.0. The number of piperidine rings is 1. The largest absolute Gasteiger partial charge is 0.325 e. The van der Waals surface area contributed by atoms with Gasteiger partial charge in [-0.2, -0.15) is 0 Å². The van der Waals surface area contributed by atoms with E-state index in [2.05, 4.69) is 53.5 Å². The number of benzene rings is 2. The Morgan fingerprint density at radius 1 is 1.00 bits per heavy atom. The minimum Gasteiger partial charge on any atom is -0.325 e. The lowest BCUT2D eigenvalue weighted by Gasteiger charge is -2.32. The molecular formula is C25H32N2O. The number of likely N-dealkylation sites (tertiary alicyclic amines) is 1. The summed E-state index contributed by atoms with van der Waals surface area (Å²) in [6.45, 7) is 5.71. The Bertz CT molecular complexity index is 795. The molecule has 1 amide bonds. The number of para-hydroxylation sites is 1. The molecule has 3 heteroatoms. The number of amides is 1. The summed E-state index contributed by atoms with van der Waals surface area (Å²) >= 11 is 0. The molecule has 2 aliphatic rings. The van der Waals surface area contributed by atoms with E-state index in [1.165, 1.54) is 49.9 Å². The van der Waals surface area contributed by atoms with E-state index in [0.29, 0.717) is 0 Å². The highest BCUT2D eigenvalue weighted by Gasteiger charge is 2.41. The second-order valence-electron chi connectivity index (χ2n) is 8.76. The Morgan fingerprint density at radius 3 is 2.50 bits per heavy atom. The first-order chi connectivity index (χ1) is 13.6. The summed E-state index contributed by atoms with van der Waals surface area (Å²) < 4.78 is 0. The van der Waals surface area contributed by atoms with Gasteiger partial charge < -0.3 is 10.2 Å². The van der Waals surface area contributed by atoms with Crippen LogP contribution in [0.25, 0.3) is 0 Å². The zero-order chi connectivity index (χ0) is 19.4. The third kappa shape index (κ3) is 4.15. The molecule has 0 radical (unpaired) electrons. The topological polar surface area (TPSA) is 32.3 Å². The molecule has 1 saturated heterocycles. The predicted octanol–water partition coefficient (Wildman–Crippen LogP) is 5.02. The highest BCUT2D eigenvalue weighted by atomic mass is 16.2. The van der Waals surface area contributed by atoms with Crippen molar-refractivity contribution in [2.24, 2.45) is 5.92 Å². The van der Waals surface area contributed by atoms with Gasteiger partial charge >= 0.3 is 0 Å². The number of fused-ring (bicyclic) bond motifs is 1. The Balaban J connectivity index is 1.19. The Morgan fingerprint density at radius 2 is 1.71 bits per heavy atom. The molecule has 0 aromatic heterocycles. The number of hydrogen-bond acceptors (Lipinski definition) is 2. The zero-order valence-corrected chi connectivity index (χ0v) is 17.0. The SMILES string of the molecule is CC1(CCCCN2CCC(Cc3ccccc3)CC2)C(=O)Nc2ccccc21. The van der Waals surface area contributed by atoms with E-state index in [0.717, 1.165) is 31.0 Å². The van der Waals surface area contributed by atoms with Gasteiger partial charge in [0.05, 0.1) is 5.41 Å². The fraction of sp³-hybridized carbons (Fsp3) is 0.480. The van der Waals surface area contributed by atoms with E-state index in [1.807, 2.05) is 18.2 Å². The molecule has 2 aliphatic heterocycles. The normalized spacial score (nSPS) is 22.8. The van der Waals surface area contributed by atoms with Crippen LogP contribution >= 0.6 is 0 Å². The average Bonchev–Trinajstić information content (AvgIpc) is 2.98. The van der Waals surface area contributed by atoms with E-state index in [-0.39, 0.29) is 11.3 Å². The molecule has 2 aromatic rings. The highest BCUT2D eigenvalue weighted by molar-refractivity contribution is 6.05.